The van der Waals surface area contributed by atoms with Crippen molar-refractivity contribution in [1.29, 1.82) is 0 Å². The van der Waals surface area contributed by atoms with E-state index in [0.717, 1.165) is 11.2 Å². The van der Waals surface area contributed by atoms with Gasteiger partial charge in [0.1, 0.15) is 0 Å². The third kappa shape index (κ3) is 0.186. The average molecular weight is 85.2 g/mol. The van der Waals surface area contributed by atoms with Gasteiger partial charge in [-0.3, -0.25) is 0 Å². The highest BCUT2D eigenvalue weighted by Gasteiger charge is 2.46. The van der Waals surface area contributed by atoms with E-state index in [1.54, 1.807) is 0 Å². The molecule has 1 radical (unpaired) electrons. The summed E-state index contributed by atoms with van der Waals surface area (Å²) < 4.78 is 0. The largest absolute Gasteiger partial charge is 0.153 e. The Bertz CT molecular complexity index is 48.7. The van der Waals surface area contributed by atoms with Gasteiger partial charge in [-0.1, -0.05) is 0 Å². The first kappa shape index (κ1) is 2.51. The topological polar surface area (TPSA) is 0 Å². The van der Waals surface area contributed by atoms with E-state index in [1.807, 2.05) is 11.8 Å². The third-order valence-corrected chi connectivity index (χ3v) is 2.61. The van der Waals surface area contributed by atoms with Gasteiger partial charge in [0.05, 0.1) is 0 Å². The lowest BCUT2D eigenvalue weighted by Gasteiger charge is -2.04. The smallest absolute Gasteiger partial charge is 0.0211 e. The monoisotopic (exact) mass is 85.0 g/mol. The van der Waals surface area contributed by atoms with Crippen LogP contribution in [0.4, 0.5) is 0 Å². The van der Waals surface area contributed by atoms with Gasteiger partial charge in [-0.25, -0.2) is 0 Å². The number of thioether (sulfide) groups is 1. The van der Waals surface area contributed by atoms with E-state index in [4.69, 9.17) is 0 Å². The fourth-order valence-corrected chi connectivity index (χ4v) is 1.65. The fraction of sp³-hybridized carbons (Fsp3) is 0.750. The second-order valence-electron chi connectivity index (χ2n) is 1.71. The molecule has 2 fully saturated rings. The van der Waals surface area contributed by atoms with Gasteiger partial charge in [0.25, 0.3) is 0 Å². The van der Waals surface area contributed by atoms with Crippen molar-refractivity contribution in [2.24, 2.45) is 5.92 Å². The van der Waals surface area contributed by atoms with Crippen molar-refractivity contribution in [3.63, 3.8) is 0 Å². The number of hydrogen-bond donors (Lipinski definition) is 0. The van der Waals surface area contributed by atoms with Gasteiger partial charge in [0, 0.05) is 11.0 Å². The number of rotatable bonds is 0. The second kappa shape index (κ2) is 0.558. The first-order valence-corrected chi connectivity index (χ1v) is 2.90. The Hall–Kier alpha value is 0.350. The summed E-state index contributed by atoms with van der Waals surface area (Å²) in [7, 11) is 0. The van der Waals surface area contributed by atoms with Crippen LogP contribution in [-0.2, 0) is 0 Å². The summed E-state index contributed by atoms with van der Waals surface area (Å²) in [6.45, 7) is 0. The zero-order valence-corrected chi connectivity index (χ0v) is 3.66. The predicted molar refractivity (Wildman–Crippen MR) is 23.8 cm³/mol. The van der Waals surface area contributed by atoms with E-state index in [0.29, 0.717) is 0 Å². The minimum atomic E-state index is 1.07. The molecule has 0 aromatic heterocycles. The molecule has 5 heavy (non-hydrogen) atoms. The molecule has 1 aliphatic heterocycles. The van der Waals surface area contributed by atoms with Crippen LogP contribution in [-0.4, -0.2) is 5.25 Å². The summed E-state index contributed by atoms with van der Waals surface area (Å²) in [6, 6.07) is 0. The second-order valence-corrected chi connectivity index (χ2v) is 2.86. The predicted octanol–water partition coefficient (Wildman–Crippen LogP) is 1.28. The van der Waals surface area contributed by atoms with Crippen molar-refractivity contribution in [2.75, 3.05) is 0 Å². The first-order valence-electron chi connectivity index (χ1n) is 1.95. The molecule has 1 saturated heterocycles. The lowest BCUT2D eigenvalue weighted by Crippen LogP contribution is -1.90. The molecule has 0 aromatic rings. The van der Waals surface area contributed by atoms with Crippen LogP contribution in [0.5, 0.6) is 0 Å². The van der Waals surface area contributed by atoms with E-state index in [1.165, 1.54) is 6.42 Å². The van der Waals surface area contributed by atoms with E-state index < -0.39 is 0 Å². The van der Waals surface area contributed by atoms with Gasteiger partial charge in [0.2, 0.25) is 0 Å². The minimum absolute atomic E-state index is 1.07. The van der Waals surface area contributed by atoms with Crippen LogP contribution < -0.4 is 0 Å². The fourth-order valence-electron chi connectivity index (χ4n) is 0.602. The quantitative estimate of drug-likeness (QED) is 0.427. The highest BCUT2D eigenvalue weighted by molar-refractivity contribution is 8.03. The molecule has 1 heterocycles. The third-order valence-electron chi connectivity index (χ3n) is 1.21. The molecule has 1 heteroatoms. The molecule has 2 unspecified atom stereocenters. The standard InChI is InChI=1S/C4H5S/c1-3-2-5-4(1)3/h2-4H,1H2. The summed E-state index contributed by atoms with van der Waals surface area (Å²) in [5.41, 5.74) is 0. The van der Waals surface area contributed by atoms with Gasteiger partial charge < -0.3 is 0 Å². The molecule has 1 aliphatic carbocycles. The van der Waals surface area contributed by atoms with Crippen molar-refractivity contribution < 1.29 is 0 Å². The van der Waals surface area contributed by atoms with Crippen LogP contribution in [0.1, 0.15) is 6.42 Å². The molecular formula is C4H5S. The average Bonchev–Trinajstić information content (AvgIpc) is 1.74. The molecule has 27 valence electrons. The molecule has 0 spiro atoms. The highest BCUT2D eigenvalue weighted by Crippen LogP contribution is 2.57. The van der Waals surface area contributed by atoms with Crippen molar-refractivity contribution in [3.05, 3.63) is 5.75 Å². The molecular weight excluding hydrogens is 80.1 g/mol. The molecule has 0 amide bonds. The lowest BCUT2D eigenvalue weighted by atomic mass is 10.5. The molecule has 0 nitrogen and oxygen atoms in total. The normalized spacial score (nSPS) is 57.6. The maximum atomic E-state index is 2.34. The number of fused-ring (bicyclic) bond motifs is 1. The van der Waals surface area contributed by atoms with Crippen LogP contribution >= 0.6 is 11.8 Å². The lowest BCUT2D eigenvalue weighted by molar-refractivity contribution is 1.07. The molecule has 0 aromatic carbocycles. The van der Waals surface area contributed by atoms with Crippen molar-refractivity contribution in [2.45, 2.75) is 11.7 Å². The summed E-state index contributed by atoms with van der Waals surface area (Å²) in [6.07, 6.45) is 1.49. The van der Waals surface area contributed by atoms with Gasteiger partial charge in [-0.05, 0) is 12.3 Å². The first-order chi connectivity index (χ1) is 2.47. The zero-order chi connectivity index (χ0) is 3.28. The molecule has 0 N–H and O–H groups in total. The van der Waals surface area contributed by atoms with Crippen LogP contribution in [0.3, 0.4) is 0 Å². The van der Waals surface area contributed by atoms with Gasteiger partial charge >= 0.3 is 0 Å². The Morgan fingerprint density at radius 3 is 2.60 bits per heavy atom. The van der Waals surface area contributed by atoms with Gasteiger partial charge in [-0.15, -0.1) is 0 Å². The summed E-state index contributed by atoms with van der Waals surface area (Å²) in [4.78, 5) is 0. The Morgan fingerprint density at radius 1 is 1.80 bits per heavy atom. The van der Waals surface area contributed by atoms with Gasteiger partial charge in [0.15, 0.2) is 0 Å². The Labute approximate surface area is 35.9 Å². The van der Waals surface area contributed by atoms with Crippen LogP contribution in [0.2, 0.25) is 0 Å². The number of hydrogen-bond acceptors (Lipinski definition) is 1. The van der Waals surface area contributed by atoms with E-state index >= 15 is 0 Å². The van der Waals surface area contributed by atoms with E-state index in [2.05, 4.69) is 5.75 Å². The van der Waals surface area contributed by atoms with Crippen molar-refractivity contribution >= 4 is 11.8 Å². The molecule has 0 bridgehead atoms. The maximum Gasteiger partial charge on any atom is 0.0211 e. The van der Waals surface area contributed by atoms with Crippen LogP contribution in [0, 0.1) is 11.7 Å². The summed E-state index contributed by atoms with van der Waals surface area (Å²) >= 11 is 2.01. The molecule has 2 aliphatic rings. The Kier molecular flexibility index (Phi) is 0.280. The molecule has 2 rings (SSSR count). The van der Waals surface area contributed by atoms with E-state index in [-0.39, 0.29) is 0 Å². The summed E-state index contributed by atoms with van der Waals surface area (Å²) in [5.74, 6) is 3.41. The van der Waals surface area contributed by atoms with Crippen molar-refractivity contribution in [3.8, 4) is 0 Å². The zero-order valence-electron chi connectivity index (χ0n) is 2.85. The van der Waals surface area contributed by atoms with Gasteiger partial charge in [-0.2, -0.15) is 11.8 Å². The van der Waals surface area contributed by atoms with Crippen molar-refractivity contribution in [1.82, 2.24) is 0 Å². The van der Waals surface area contributed by atoms with Crippen LogP contribution in [0.15, 0.2) is 0 Å². The van der Waals surface area contributed by atoms with E-state index in [9.17, 15) is 0 Å². The Morgan fingerprint density at radius 2 is 2.60 bits per heavy atom. The van der Waals surface area contributed by atoms with Crippen LogP contribution in [0.25, 0.3) is 0 Å². The maximum absolute atomic E-state index is 2.34. The highest BCUT2D eigenvalue weighted by atomic mass is 32.2. The molecule has 2 atom stereocenters. The Balaban J connectivity index is 2.19. The summed E-state index contributed by atoms with van der Waals surface area (Å²) in [5, 5.41) is 1.09. The molecule has 1 saturated carbocycles. The SMILES string of the molecule is [CH]1SC2CC12. The minimum Gasteiger partial charge on any atom is -0.153 e.